The Kier molecular flexibility index (Phi) is 5.13. The third kappa shape index (κ3) is 3.90. The molecule has 0 radical (unpaired) electrons. The van der Waals surface area contributed by atoms with Crippen molar-refractivity contribution in [2.75, 3.05) is 20.6 Å². The van der Waals surface area contributed by atoms with Crippen LogP contribution in [0.15, 0.2) is 28.9 Å². The van der Waals surface area contributed by atoms with E-state index >= 15 is 0 Å². The summed E-state index contributed by atoms with van der Waals surface area (Å²) in [6.07, 6.45) is 0.735. The average Bonchev–Trinajstić information content (AvgIpc) is 2.75. The van der Waals surface area contributed by atoms with Crippen LogP contribution >= 0.6 is 15.9 Å². The Hall–Kier alpha value is -1.24. The smallest absolute Gasteiger partial charge is 0.123 e. The molecule has 4 nitrogen and oxygen atoms in total. The van der Waals surface area contributed by atoms with Gasteiger partial charge in [-0.2, -0.15) is 5.10 Å². The first kappa shape index (κ1) is 16.1. The molecule has 0 fully saturated rings. The SMILES string of the molecule is Cc1cc(F)cc(C(O)c2c(Br)cnn2CCN(C)C)c1. The van der Waals surface area contributed by atoms with Gasteiger partial charge in [0, 0.05) is 6.54 Å². The molecular formula is C15H19BrFN3O. The van der Waals surface area contributed by atoms with E-state index < -0.39 is 6.10 Å². The molecule has 0 aliphatic carbocycles. The molecule has 0 amide bonds. The summed E-state index contributed by atoms with van der Waals surface area (Å²) < 4.78 is 16.0. The van der Waals surface area contributed by atoms with E-state index in [9.17, 15) is 9.50 Å². The van der Waals surface area contributed by atoms with Gasteiger partial charge in [0.15, 0.2) is 0 Å². The molecule has 114 valence electrons. The van der Waals surface area contributed by atoms with Crippen LogP contribution in [0.25, 0.3) is 0 Å². The Morgan fingerprint density at radius 2 is 2.10 bits per heavy atom. The largest absolute Gasteiger partial charge is 0.382 e. The Balaban J connectivity index is 2.33. The molecule has 1 unspecified atom stereocenters. The van der Waals surface area contributed by atoms with Crippen molar-refractivity contribution in [3.8, 4) is 0 Å². The number of aryl methyl sites for hydroxylation is 1. The Morgan fingerprint density at radius 1 is 1.38 bits per heavy atom. The number of benzene rings is 1. The summed E-state index contributed by atoms with van der Waals surface area (Å²) in [6, 6.07) is 4.57. The van der Waals surface area contributed by atoms with Crippen molar-refractivity contribution in [3.05, 3.63) is 51.5 Å². The van der Waals surface area contributed by atoms with Crippen molar-refractivity contribution < 1.29 is 9.50 Å². The minimum atomic E-state index is -0.918. The molecule has 21 heavy (non-hydrogen) atoms. The van der Waals surface area contributed by atoms with Crippen molar-refractivity contribution in [2.45, 2.75) is 19.6 Å². The van der Waals surface area contributed by atoms with Crippen LogP contribution in [0.1, 0.15) is 22.9 Å². The lowest BCUT2D eigenvalue weighted by Gasteiger charge is -2.17. The molecular weight excluding hydrogens is 337 g/mol. The van der Waals surface area contributed by atoms with Gasteiger partial charge in [0.1, 0.15) is 11.9 Å². The highest BCUT2D eigenvalue weighted by molar-refractivity contribution is 9.10. The van der Waals surface area contributed by atoms with Crippen molar-refractivity contribution in [3.63, 3.8) is 0 Å². The second-order valence-electron chi connectivity index (χ2n) is 5.37. The third-order valence-corrected chi connectivity index (χ3v) is 3.84. The molecule has 0 aliphatic heterocycles. The number of likely N-dealkylation sites (N-methyl/N-ethyl adjacent to an activating group) is 1. The molecule has 2 aromatic rings. The van der Waals surface area contributed by atoms with Crippen LogP contribution in [-0.4, -0.2) is 40.4 Å². The molecule has 0 saturated heterocycles. The van der Waals surface area contributed by atoms with Gasteiger partial charge in [-0.15, -0.1) is 0 Å². The summed E-state index contributed by atoms with van der Waals surface area (Å²) in [7, 11) is 3.95. The Labute approximate surface area is 132 Å². The minimum Gasteiger partial charge on any atom is -0.382 e. The first-order valence-corrected chi connectivity index (χ1v) is 7.49. The quantitative estimate of drug-likeness (QED) is 0.896. The van der Waals surface area contributed by atoms with E-state index in [-0.39, 0.29) is 5.82 Å². The predicted octanol–water partition coefficient (Wildman–Crippen LogP) is 2.74. The van der Waals surface area contributed by atoms with Gasteiger partial charge in [0.2, 0.25) is 0 Å². The lowest BCUT2D eigenvalue weighted by atomic mass is 10.0. The van der Waals surface area contributed by atoms with E-state index in [1.165, 1.54) is 12.1 Å². The molecule has 1 atom stereocenters. The van der Waals surface area contributed by atoms with Crippen molar-refractivity contribution >= 4 is 15.9 Å². The van der Waals surface area contributed by atoms with Gasteiger partial charge in [-0.3, -0.25) is 4.68 Å². The number of rotatable bonds is 5. The molecule has 1 aromatic heterocycles. The van der Waals surface area contributed by atoms with E-state index in [2.05, 4.69) is 21.0 Å². The fourth-order valence-electron chi connectivity index (χ4n) is 2.20. The zero-order chi connectivity index (χ0) is 15.6. The van der Waals surface area contributed by atoms with Gasteiger partial charge in [-0.1, -0.05) is 6.07 Å². The zero-order valence-electron chi connectivity index (χ0n) is 12.3. The van der Waals surface area contributed by atoms with Gasteiger partial charge in [0.05, 0.1) is 22.9 Å². The molecule has 2 rings (SSSR count). The Bertz CT molecular complexity index is 607. The van der Waals surface area contributed by atoms with E-state index in [0.717, 1.165) is 16.6 Å². The van der Waals surface area contributed by atoms with Crippen LogP contribution in [0.5, 0.6) is 0 Å². The first-order valence-electron chi connectivity index (χ1n) is 6.69. The summed E-state index contributed by atoms with van der Waals surface area (Å²) in [5, 5.41) is 14.9. The molecule has 0 aliphatic rings. The predicted molar refractivity (Wildman–Crippen MR) is 83.7 cm³/mol. The van der Waals surface area contributed by atoms with Crippen molar-refractivity contribution in [2.24, 2.45) is 0 Å². The Morgan fingerprint density at radius 3 is 2.71 bits per heavy atom. The van der Waals surface area contributed by atoms with E-state index in [0.29, 0.717) is 17.8 Å². The number of aliphatic hydroxyl groups is 1. The summed E-state index contributed by atoms with van der Waals surface area (Å²) >= 11 is 3.41. The number of nitrogens with zero attached hydrogens (tertiary/aromatic N) is 3. The number of hydrogen-bond acceptors (Lipinski definition) is 3. The van der Waals surface area contributed by atoms with Crippen LogP contribution in [-0.2, 0) is 6.54 Å². The zero-order valence-corrected chi connectivity index (χ0v) is 13.9. The maximum Gasteiger partial charge on any atom is 0.123 e. The van der Waals surface area contributed by atoms with Crippen LogP contribution in [0.2, 0.25) is 0 Å². The molecule has 0 saturated carbocycles. The number of halogens is 2. The normalized spacial score (nSPS) is 12.9. The fraction of sp³-hybridized carbons (Fsp3) is 0.400. The molecule has 0 bridgehead atoms. The van der Waals surface area contributed by atoms with E-state index in [1.54, 1.807) is 23.9 Å². The summed E-state index contributed by atoms with van der Waals surface area (Å²) in [6.45, 7) is 3.26. The topological polar surface area (TPSA) is 41.3 Å². The van der Waals surface area contributed by atoms with Crippen molar-refractivity contribution in [1.82, 2.24) is 14.7 Å². The minimum absolute atomic E-state index is 0.348. The van der Waals surface area contributed by atoms with Crippen LogP contribution in [0.4, 0.5) is 4.39 Å². The van der Waals surface area contributed by atoms with E-state index in [1.807, 2.05) is 19.0 Å². The molecule has 0 spiro atoms. The number of aliphatic hydroxyl groups excluding tert-OH is 1. The highest BCUT2D eigenvalue weighted by Crippen LogP contribution is 2.29. The highest BCUT2D eigenvalue weighted by atomic mass is 79.9. The molecule has 1 heterocycles. The van der Waals surface area contributed by atoms with Gasteiger partial charge in [0.25, 0.3) is 0 Å². The first-order chi connectivity index (χ1) is 9.88. The van der Waals surface area contributed by atoms with Gasteiger partial charge >= 0.3 is 0 Å². The van der Waals surface area contributed by atoms with Crippen LogP contribution in [0, 0.1) is 12.7 Å². The maximum atomic E-state index is 13.5. The van der Waals surface area contributed by atoms with Gasteiger partial charge < -0.3 is 10.0 Å². The van der Waals surface area contributed by atoms with Gasteiger partial charge in [-0.25, -0.2) is 4.39 Å². The number of hydrogen-bond donors (Lipinski definition) is 1. The second kappa shape index (κ2) is 6.68. The third-order valence-electron chi connectivity index (χ3n) is 3.23. The summed E-state index contributed by atoms with van der Waals surface area (Å²) in [4.78, 5) is 2.04. The fourth-order valence-corrected chi connectivity index (χ4v) is 2.71. The molecule has 6 heteroatoms. The molecule has 1 aromatic carbocycles. The van der Waals surface area contributed by atoms with Crippen LogP contribution in [0.3, 0.4) is 0 Å². The molecule has 1 N–H and O–H groups in total. The van der Waals surface area contributed by atoms with Crippen molar-refractivity contribution in [1.29, 1.82) is 0 Å². The average molecular weight is 356 g/mol. The van der Waals surface area contributed by atoms with Gasteiger partial charge in [-0.05, 0) is 60.2 Å². The lowest BCUT2D eigenvalue weighted by molar-refractivity contribution is 0.204. The van der Waals surface area contributed by atoms with E-state index in [4.69, 9.17) is 0 Å². The standard InChI is InChI=1S/C15H19BrFN3O/c1-10-6-11(8-12(17)7-10)15(21)14-13(16)9-18-20(14)5-4-19(2)3/h6-9,15,21H,4-5H2,1-3H3. The maximum absolute atomic E-state index is 13.5. The summed E-state index contributed by atoms with van der Waals surface area (Å²) in [5.41, 5.74) is 1.95. The highest BCUT2D eigenvalue weighted by Gasteiger charge is 2.20. The van der Waals surface area contributed by atoms with Crippen LogP contribution < -0.4 is 0 Å². The second-order valence-corrected chi connectivity index (χ2v) is 6.22. The number of aromatic nitrogens is 2. The lowest BCUT2D eigenvalue weighted by Crippen LogP contribution is -2.21. The monoisotopic (exact) mass is 355 g/mol. The summed E-state index contributed by atoms with van der Waals surface area (Å²) in [5.74, 6) is -0.348.